The molecule has 2 heterocycles. The zero-order valence-electron chi connectivity index (χ0n) is 12.6. The lowest BCUT2D eigenvalue weighted by molar-refractivity contribution is 0.0997. The van der Waals surface area contributed by atoms with Crippen LogP contribution in [0.25, 0.3) is 10.9 Å². The number of nitrogens with one attached hydrogen (secondary N) is 2. The highest BCUT2D eigenvalue weighted by molar-refractivity contribution is 6.04. The number of primary amides is 1. The SMILES string of the molecule is Cc1nc(C)c(C)c(Nc2ccc3[nH]nc(C(N)=O)c3c2)n1. The van der Waals surface area contributed by atoms with Crippen molar-refractivity contribution >= 4 is 28.3 Å². The molecule has 0 aliphatic heterocycles. The van der Waals surface area contributed by atoms with E-state index in [1.54, 1.807) is 0 Å². The minimum Gasteiger partial charge on any atom is -0.364 e. The Hall–Kier alpha value is -2.96. The average Bonchev–Trinajstić information content (AvgIpc) is 2.87. The van der Waals surface area contributed by atoms with E-state index in [0.29, 0.717) is 11.2 Å². The molecule has 4 N–H and O–H groups in total. The highest BCUT2D eigenvalue weighted by Gasteiger charge is 2.12. The molecule has 3 aromatic rings. The number of nitrogens with zero attached hydrogens (tertiary/aromatic N) is 3. The summed E-state index contributed by atoms with van der Waals surface area (Å²) >= 11 is 0. The topological polar surface area (TPSA) is 110 Å². The second-order valence-electron chi connectivity index (χ2n) is 5.15. The highest BCUT2D eigenvalue weighted by Crippen LogP contribution is 2.24. The lowest BCUT2D eigenvalue weighted by atomic mass is 10.1. The van der Waals surface area contributed by atoms with Gasteiger partial charge in [-0.2, -0.15) is 5.10 Å². The van der Waals surface area contributed by atoms with E-state index >= 15 is 0 Å². The molecule has 0 aliphatic carbocycles. The standard InChI is InChI=1S/C15H16N6O/c1-7-8(2)17-9(3)18-15(7)19-10-4-5-12-11(6-10)13(14(16)22)21-20-12/h4-6H,1-3H3,(H2,16,22)(H,20,21)(H,17,18,19). The van der Waals surface area contributed by atoms with Crippen LogP contribution in [0.2, 0.25) is 0 Å². The fourth-order valence-corrected chi connectivity index (χ4v) is 2.31. The quantitative estimate of drug-likeness (QED) is 0.685. The summed E-state index contributed by atoms with van der Waals surface area (Å²) in [5.74, 6) is 0.884. The summed E-state index contributed by atoms with van der Waals surface area (Å²) in [6, 6.07) is 5.55. The molecule has 7 nitrogen and oxygen atoms in total. The average molecular weight is 296 g/mol. The van der Waals surface area contributed by atoms with E-state index in [2.05, 4.69) is 25.5 Å². The van der Waals surface area contributed by atoms with E-state index < -0.39 is 5.91 Å². The van der Waals surface area contributed by atoms with Gasteiger partial charge in [0.25, 0.3) is 5.91 Å². The van der Waals surface area contributed by atoms with E-state index in [1.807, 2.05) is 39.0 Å². The van der Waals surface area contributed by atoms with Gasteiger partial charge in [0.05, 0.1) is 5.52 Å². The molecule has 0 saturated heterocycles. The first-order valence-corrected chi connectivity index (χ1v) is 6.82. The van der Waals surface area contributed by atoms with Crippen LogP contribution >= 0.6 is 0 Å². The smallest absolute Gasteiger partial charge is 0.269 e. The number of aryl methyl sites for hydroxylation is 2. The first-order chi connectivity index (χ1) is 10.5. The molecule has 0 aliphatic rings. The van der Waals surface area contributed by atoms with Crippen LogP contribution in [0, 0.1) is 20.8 Å². The maximum absolute atomic E-state index is 11.4. The molecule has 0 atom stereocenters. The number of hydrogen-bond acceptors (Lipinski definition) is 5. The summed E-state index contributed by atoms with van der Waals surface area (Å²) in [6.07, 6.45) is 0. The van der Waals surface area contributed by atoms with Gasteiger partial charge in [0, 0.05) is 22.3 Å². The Morgan fingerprint density at radius 3 is 2.73 bits per heavy atom. The van der Waals surface area contributed by atoms with Crippen molar-refractivity contribution in [2.75, 3.05) is 5.32 Å². The van der Waals surface area contributed by atoms with Gasteiger partial charge in [-0.3, -0.25) is 9.89 Å². The molecule has 3 rings (SSSR count). The number of nitrogens with two attached hydrogens (primary N) is 1. The predicted molar refractivity (Wildman–Crippen MR) is 84.1 cm³/mol. The van der Waals surface area contributed by atoms with Crippen LogP contribution in [-0.2, 0) is 0 Å². The zero-order valence-corrected chi connectivity index (χ0v) is 12.6. The van der Waals surface area contributed by atoms with Crippen LogP contribution in [0.1, 0.15) is 27.6 Å². The van der Waals surface area contributed by atoms with Crippen molar-refractivity contribution in [1.82, 2.24) is 20.2 Å². The third-order valence-electron chi connectivity index (χ3n) is 3.56. The molecule has 2 aromatic heterocycles. The lowest BCUT2D eigenvalue weighted by Crippen LogP contribution is -2.11. The second-order valence-corrected chi connectivity index (χ2v) is 5.15. The molecule has 0 unspecified atom stereocenters. The molecule has 22 heavy (non-hydrogen) atoms. The Bertz CT molecular complexity index is 883. The van der Waals surface area contributed by atoms with Gasteiger partial charge in [-0.1, -0.05) is 0 Å². The monoisotopic (exact) mass is 296 g/mol. The largest absolute Gasteiger partial charge is 0.364 e. The van der Waals surface area contributed by atoms with Crippen molar-refractivity contribution in [3.63, 3.8) is 0 Å². The number of aromatic amines is 1. The maximum Gasteiger partial charge on any atom is 0.269 e. The Labute approximate surface area is 127 Å². The van der Waals surface area contributed by atoms with Gasteiger partial charge in [0.1, 0.15) is 11.6 Å². The van der Waals surface area contributed by atoms with Crippen molar-refractivity contribution in [2.24, 2.45) is 5.73 Å². The number of amides is 1. The molecule has 112 valence electrons. The van der Waals surface area contributed by atoms with E-state index in [-0.39, 0.29) is 5.69 Å². The number of carbonyl (C=O) groups is 1. The fraction of sp³-hybridized carbons (Fsp3) is 0.200. The van der Waals surface area contributed by atoms with Crippen molar-refractivity contribution in [1.29, 1.82) is 0 Å². The number of fused-ring (bicyclic) bond motifs is 1. The molecule has 0 fully saturated rings. The number of anilines is 2. The van der Waals surface area contributed by atoms with E-state index in [9.17, 15) is 4.79 Å². The van der Waals surface area contributed by atoms with E-state index in [4.69, 9.17) is 5.73 Å². The van der Waals surface area contributed by atoms with E-state index in [1.165, 1.54) is 0 Å². The highest BCUT2D eigenvalue weighted by atomic mass is 16.1. The molecule has 0 spiro atoms. The predicted octanol–water partition coefficient (Wildman–Crippen LogP) is 2.12. The van der Waals surface area contributed by atoms with Crippen molar-refractivity contribution < 1.29 is 4.79 Å². The van der Waals surface area contributed by atoms with Crippen molar-refractivity contribution in [3.05, 3.63) is 41.0 Å². The molecule has 0 radical (unpaired) electrons. The number of hydrogen-bond donors (Lipinski definition) is 3. The third kappa shape index (κ3) is 2.37. The van der Waals surface area contributed by atoms with Gasteiger partial charge < -0.3 is 11.1 Å². The van der Waals surface area contributed by atoms with Crippen LogP contribution in [0.4, 0.5) is 11.5 Å². The third-order valence-corrected chi connectivity index (χ3v) is 3.56. The Morgan fingerprint density at radius 1 is 1.23 bits per heavy atom. The second kappa shape index (κ2) is 5.10. The van der Waals surface area contributed by atoms with Gasteiger partial charge in [0.2, 0.25) is 0 Å². The maximum atomic E-state index is 11.4. The van der Waals surface area contributed by atoms with Gasteiger partial charge in [-0.05, 0) is 39.0 Å². The number of aromatic nitrogens is 4. The molecular weight excluding hydrogens is 280 g/mol. The van der Waals surface area contributed by atoms with Crippen LogP contribution in [0.15, 0.2) is 18.2 Å². The van der Waals surface area contributed by atoms with E-state index in [0.717, 1.165) is 28.3 Å². The molecule has 0 saturated carbocycles. The van der Waals surface area contributed by atoms with Crippen LogP contribution in [0.5, 0.6) is 0 Å². The molecular formula is C15H16N6O. The summed E-state index contributed by atoms with van der Waals surface area (Å²) in [5.41, 5.74) is 9.02. The number of benzene rings is 1. The fourth-order valence-electron chi connectivity index (χ4n) is 2.31. The molecule has 1 aromatic carbocycles. The minimum atomic E-state index is -0.562. The molecule has 7 heteroatoms. The number of H-pyrrole nitrogens is 1. The number of rotatable bonds is 3. The minimum absolute atomic E-state index is 0.227. The summed E-state index contributed by atoms with van der Waals surface area (Å²) in [5, 5.41) is 10.7. The summed E-state index contributed by atoms with van der Waals surface area (Å²) in [4.78, 5) is 20.1. The van der Waals surface area contributed by atoms with Crippen molar-refractivity contribution in [3.8, 4) is 0 Å². The van der Waals surface area contributed by atoms with Gasteiger partial charge >= 0.3 is 0 Å². The van der Waals surface area contributed by atoms with Crippen LogP contribution in [-0.4, -0.2) is 26.1 Å². The molecule has 0 bridgehead atoms. The zero-order chi connectivity index (χ0) is 15.9. The lowest BCUT2D eigenvalue weighted by Gasteiger charge is -2.11. The summed E-state index contributed by atoms with van der Waals surface area (Å²) in [7, 11) is 0. The van der Waals surface area contributed by atoms with Gasteiger partial charge in [-0.15, -0.1) is 0 Å². The van der Waals surface area contributed by atoms with Crippen molar-refractivity contribution in [2.45, 2.75) is 20.8 Å². The summed E-state index contributed by atoms with van der Waals surface area (Å²) < 4.78 is 0. The first-order valence-electron chi connectivity index (χ1n) is 6.82. The normalized spacial score (nSPS) is 10.9. The Morgan fingerprint density at radius 2 is 2.00 bits per heavy atom. The Kier molecular flexibility index (Phi) is 3.25. The van der Waals surface area contributed by atoms with Crippen LogP contribution < -0.4 is 11.1 Å². The Balaban J connectivity index is 2.04. The van der Waals surface area contributed by atoms with Gasteiger partial charge in [0.15, 0.2) is 5.69 Å². The van der Waals surface area contributed by atoms with Crippen LogP contribution in [0.3, 0.4) is 0 Å². The summed E-state index contributed by atoms with van der Waals surface area (Å²) in [6.45, 7) is 5.75. The molecule has 1 amide bonds. The number of carbonyl (C=O) groups excluding carboxylic acids is 1. The first kappa shape index (κ1) is 14.0. The van der Waals surface area contributed by atoms with Gasteiger partial charge in [-0.25, -0.2) is 9.97 Å².